The van der Waals surface area contributed by atoms with Crippen LogP contribution in [-0.4, -0.2) is 35.0 Å². The van der Waals surface area contributed by atoms with Gasteiger partial charge in [0.25, 0.3) is 0 Å². The molecule has 0 aliphatic carbocycles. The van der Waals surface area contributed by atoms with Crippen LogP contribution in [0.2, 0.25) is 0 Å². The van der Waals surface area contributed by atoms with E-state index in [1.807, 2.05) is 20.8 Å². The normalized spacial score (nSPS) is 12.5. The minimum atomic E-state index is -0.899. The Morgan fingerprint density at radius 1 is 1.33 bits per heavy atom. The Bertz CT molecular complexity index is 202. The molecular weight excluding hydrogens is 194 g/mol. The molecule has 0 radical (unpaired) electrons. The molecule has 4 nitrogen and oxygen atoms in total. The van der Waals surface area contributed by atoms with Crippen molar-refractivity contribution in [2.75, 3.05) is 6.54 Å². The summed E-state index contributed by atoms with van der Waals surface area (Å²) in [6.45, 7) is 6.36. The number of carbonyl (C=O) groups excluding carboxylic acids is 1. The lowest BCUT2D eigenvalue weighted by Gasteiger charge is -2.30. The van der Waals surface area contributed by atoms with Crippen molar-refractivity contribution in [3.63, 3.8) is 0 Å². The minimum Gasteiger partial charge on any atom is -0.480 e. The summed E-state index contributed by atoms with van der Waals surface area (Å²) >= 11 is 0. The third kappa shape index (κ3) is 3.90. The SMILES string of the molecule is CCCN(C=O)C(C(=O)O)C(CC)CC. The van der Waals surface area contributed by atoms with Crippen LogP contribution < -0.4 is 0 Å². The molecule has 0 saturated carbocycles. The maximum absolute atomic E-state index is 11.1. The van der Waals surface area contributed by atoms with Crippen LogP contribution in [0.25, 0.3) is 0 Å². The molecule has 0 aliphatic heterocycles. The molecular formula is C11H21NO3. The van der Waals surface area contributed by atoms with Crippen LogP contribution in [-0.2, 0) is 9.59 Å². The van der Waals surface area contributed by atoms with Gasteiger partial charge in [-0.25, -0.2) is 4.79 Å². The molecule has 0 fully saturated rings. The maximum Gasteiger partial charge on any atom is 0.326 e. The second-order valence-corrected chi connectivity index (χ2v) is 3.70. The van der Waals surface area contributed by atoms with Gasteiger partial charge >= 0.3 is 5.97 Å². The van der Waals surface area contributed by atoms with E-state index in [2.05, 4.69) is 0 Å². The van der Waals surface area contributed by atoms with Crippen LogP contribution in [0.3, 0.4) is 0 Å². The molecule has 1 atom stereocenters. The van der Waals surface area contributed by atoms with Crippen molar-refractivity contribution < 1.29 is 14.7 Å². The van der Waals surface area contributed by atoms with Crippen LogP contribution in [0, 0.1) is 5.92 Å². The predicted octanol–water partition coefficient (Wildman–Crippen LogP) is 1.74. The zero-order valence-electron chi connectivity index (χ0n) is 9.77. The minimum absolute atomic E-state index is 0.0410. The maximum atomic E-state index is 11.1. The second-order valence-electron chi connectivity index (χ2n) is 3.70. The smallest absolute Gasteiger partial charge is 0.326 e. The molecule has 1 unspecified atom stereocenters. The number of aliphatic carboxylic acids is 1. The second kappa shape index (κ2) is 7.26. The van der Waals surface area contributed by atoms with E-state index in [1.54, 1.807) is 0 Å². The summed E-state index contributed by atoms with van der Waals surface area (Å²) in [5.41, 5.74) is 0. The van der Waals surface area contributed by atoms with Crippen molar-refractivity contribution in [1.29, 1.82) is 0 Å². The van der Waals surface area contributed by atoms with Gasteiger partial charge in [0.15, 0.2) is 0 Å². The lowest BCUT2D eigenvalue weighted by Crippen LogP contribution is -2.45. The van der Waals surface area contributed by atoms with Gasteiger partial charge in [0.05, 0.1) is 0 Å². The fourth-order valence-electron chi connectivity index (χ4n) is 1.87. The van der Waals surface area contributed by atoms with Crippen molar-refractivity contribution in [2.24, 2.45) is 5.92 Å². The van der Waals surface area contributed by atoms with Crippen molar-refractivity contribution in [3.05, 3.63) is 0 Å². The molecule has 0 saturated heterocycles. The van der Waals surface area contributed by atoms with E-state index in [0.717, 1.165) is 19.3 Å². The van der Waals surface area contributed by atoms with Crippen molar-refractivity contribution in [1.82, 2.24) is 4.90 Å². The first kappa shape index (κ1) is 13.9. The Morgan fingerprint density at radius 2 is 1.87 bits per heavy atom. The first-order chi connectivity index (χ1) is 7.12. The number of hydrogen-bond donors (Lipinski definition) is 1. The standard InChI is InChI=1S/C11H21NO3/c1-4-7-12(8-13)10(11(14)15)9(5-2)6-3/h8-10H,4-7H2,1-3H3,(H,14,15). The molecule has 0 aromatic carbocycles. The summed E-state index contributed by atoms with van der Waals surface area (Å²) in [4.78, 5) is 23.4. The first-order valence-electron chi connectivity index (χ1n) is 5.56. The molecule has 0 rings (SSSR count). The van der Waals surface area contributed by atoms with E-state index in [-0.39, 0.29) is 5.92 Å². The highest BCUT2D eigenvalue weighted by atomic mass is 16.4. The molecule has 1 amide bonds. The van der Waals surface area contributed by atoms with E-state index in [9.17, 15) is 9.59 Å². The number of carbonyl (C=O) groups is 2. The highest BCUT2D eigenvalue weighted by molar-refractivity contribution is 5.76. The molecule has 88 valence electrons. The van der Waals surface area contributed by atoms with Crippen molar-refractivity contribution in [2.45, 2.75) is 46.1 Å². The van der Waals surface area contributed by atoms with Crippen molar-refractivity contribution >= 4 is 12.4 Å². The molecule has 0 aromatic heterocycles. The van der Waals surface area contributed by atoms with Gasteiger partial charge in [-0.05, 0) is 12.3 Å². The van der Waals surface area contributed by atoms with Gasteiger partial charge in [0.1, 0.15) is 6.04 Å². The Morgan fingerprint density at radius 3 is 2.13 bits per heavy atom. The monoisotopic (exact) mass is 215 g/mol. The van der Waals surface area contributed by atoms with Gasteiger partial charge in [-0.15, -0.1) is 0 Å². The molecule has 0 aliphatic rings. The highest BCUT2D eigenvalue weighted by Gasteiger charge is 2.30. The zero-order valence-corrected chi connectivity index (χ0v) is 9.77. The first-order valence-corrected chi connectivity index (χ1v) is 5.56. The number of nitrogens with zero attached hydrogens (tertiary/aromatic N) is 1. The Kier molecular flexibility index (Phi) is 6.75. The highest BCUT2D eigenvalue weighted by Crippen LogP contribution is 2.18. The van der Waals surface area contributed by atoms with Gasteiger partial charge in [-0.3, -0.25) is 4.79 Å². The molecule has 1 N–H and O–H groups in total. The van der Waals surface area contributed by atoms with Crippen LogP contribution in [0.5, 0.6) is 0 Å². The van der Waals surface area contributed by atoms with Gasteiger partial charge in [0, 0.05) is 6.54 Å². The number of carboxylic acid groups (broad SMARTS) is 1. The summed E-state index contributed by atoms with van der Waals surface area (Å²) in [7, 11) is 0. The number of rotatable bonds is 8. The van der Waals surface area contributed by atoms with Crippen LogP contribution >= 0.6 is 0 Å². The summed E-state index contributed by atoms with van der Waals surface area (Å²) in [5.74, 6) is -0.858. The zero-order chi connectivity index (χ0) is 11.8. The number of amides is 1. The van der Waals surface area contributed by atoms with Gasteiger partial charge in [-0.2, -0.15) is 0 Å². The Hall–Kier alpha value is -1.06. The lowest BCUT2D eigenvalue weighted by atomic mass is 9.93. The quantitative estimate of drug-likeness (QED) is 0.627. The van der Waals surface area contributed by atoms with E-state index in [4.69, 9.17) is 5.11 Å². The van der Waals surface area contributed by atoms with E-state index >= 15 is 0 Å². The molecule has 0 aromatic rings. The number of carboxylic acids is 1. The Balaban J connectivity index is 4.74. The average Bonchev–Trinajstić information content (AvgIpc) is 2.22. The molecule has 15 heavy (non-hydrogen) atoms. The van der Waals surface area contributed by atoms with Gasteiger partial charge in [0.2, 0.25) is 6.41 Å². The van der Waals surface area contributed by atoms with Gasteiger partial charge in [-0.1, -0.05) is 33.6 Å². The fraction of sp³-hybridized carbons (Fsp3) is 0.818. The molecule has 0 heterocycles. The molecule has 0 bridgehead atoms. The summed E-state index contributed by atoms with van der Waals surface area (Å²) in [5, 5.41) is 9.13. The predicted molar refractivity (Wildman–Crippen MR) is 58.6 cm³/mol. The topological polar surface area (TPSA) is 57.6 Å². The Labute approximate surface area is 91.3 Å². The van der Waals surface area contributed by atoms with E-state index in [1.165, 1.54) is 4.90 Å². The van der Waals surface area contributed by atoms with Gasteiger partial charge < -0.3 is 10.0 Å². The number of hydrogen-bond acceptors (Lipinski definition) is 2. The fourth-order valence-corrected chi connectivity index (χ4v) is 1.87. The van der Waals surface area contributed by atoms with Crippen molar-refractivity contribution in [3.8, 4) is 0 Å². The van der Waals surface area contributed by atoms with E-state index < -0.39 is 12.0 Å². The third-order valence-electron chi connectivity index (χ3n) is 2.72. The van der Waals surface area contributed by atoms with Crippen LogP contribution in [0.1, 0.15) is 40.0 Å². The average molecular weight is 215 g/mol. The summed E-state index contributed by atoms with van der Waals surface area (Å²) < 4.78 is 0. The largest absolute Gasteiger partial charge is 0.480 e. The molecule has 0 spiro atoms. The van der Waals surface area contributed by atoms with Crippen LogP contribution in [0.4, 0.5) is 0 Å². The summed E-state index contributed by atoms with van der Waals surface area (Å²) in [6.07, 6.45) is 2.99. The van der Waals surface area contributed by atoms with Crippen LogP contribution in [0.15, 0.2) is 0 Å². The molecule has 4 heteroatoms. The summed E-state index contributed by atoms with van der Waals surface area (Å²) in [6, 6.07) is -0.669. The third-order valence-corrected chi connectivity index (χ3v) is 2.72. The lowest BCUT2D eigenvalue weighted by molar-refractivity contribution is -0.149. The van der Waals surface area contributed by atoms with E-state index in [0.29, 0.717) is 13.0 Å².